The van der Waals surface area contributed by atoms with Crippen molar-refractivity contribution in [2.75, 3.05) is 7.11 Å². The molecule has 0 aliphatic rings. The molecule has 0 bridgehead atoms. The Labute approximate surface area is 176 Å². The molecule has 0 spiro atoms. The molecule has 1 atom stereocenters. The molecule has 0 aromatic rings. The van der Waals surface area contributed by atoms with Gasteiger partial charge in [-0.05, 0) is 45.3 Å². The first kappa shape index (κ1) is 27.4. The summed E-state index contributed by atoms with van der Waals surface area (Å²) in [6.07, 6.45) is 23.1. The van der Waals surface area contributed by atoms with Crippen molar-refractivity contribution in [1.29, 1.82) is 0 Å². The minimum Gasteiger partial charge on any atom is -0.469 e. The highest BCUT2D eigenvalue weighted by Gasteiger charge is 2.19. The zero-order chi connectivity index (χ0) is 21.1. The number of allylic oxidation sites excluding steroid dienone is 1. The van der Waals surface area contributed by atoms with Crippen molar-refractivity contribution in [1.82, 2.24) is 0 Å². The zero-order valence-corrected chi connectivity index (χ0v) is 20.6. The van der Waals surface area contributed by atoms with Crippen LogP contribution in [0, 0.1) is 0 Å². The molecule has 0 aromatic carbocycles. The number of ether oxygens (including phenoxy) is 1. The molecule has 0 rings (SSSR count). The second kappa shape index (κ2) is 18.4. The fraction of sp³-hybridized carbons (Fsp3) is 0.875. The molecule has 0 heterocycles. The molecule has 0 aliphatic carbocycles. The molecule has 0 saturated heterocycles. The highest BCUT2D eigenvalue weighted by molar-refractivity contribution is 6.69. The SMILES string of the molecule is CCCCCCCC/C=C/C(CCCCCCCCC(=O)OC)O[Si](C)(C)C. The predicted octanol–water partition coefficient (Wildman–Crippen LogP) is 7.81. The van der Waals surface area contributed by atoms with E-state index in [0.29, 0.717) is 12.5 Å². The Kier molecular flexibility index (Phi) is 18.0. The molecular formula is C24H48O3Si. The molecule has 3 nitrogen and oxygen atoms in total. The number of carbonyl (C=O) groups excluding carboxylic acids is 1. The standard InChI is InChI=1S/C24H48O3Si/c1-6-7-8-9-10-11-14-17-20-23(27-28(3,4)5)21-18-15-12-13-16-19-22-24(25)26-2/h17,20,23H,6-16,18-19,21-22H2,1-5H3/b20-17+. The Hall–Kier alpha value is -0.613. The van der Waals surface area contributed by atoms with Gasteiger partial charge in [0, 0.05) is 6.42 Å². The second-order valence-corrected chi connectivity index (χ2v) is 13.4. The summed E-state index contributed by atoms with van der Waals surface area (Å²) in [6, 6.07) is 0. The topological polar surface area (TPSA) is 35.5 Å². The van der Waals surface area contributed by atoms with E-state index in [9.17, 15) is 4.79 Å². The fourth-order valence-corrected chi connectivity index (χ4v) is 4.47. The van der Waals surface area contributed by atoms with Gasteiger partial charge in [-0.15, -0.1) is 0 Å². The Morgan fingerprint density at radius 3 is 2.04 bits per heavy atom. The second-order valence-electron chi connectivity index (χ2n) is 8.99. The summed E-state index contributed by atoms with van der Waals surface area (Å²) >= 11 is 0. The van der Waals surface area contributed by atoms with E-state index in [-0.39, 0.29) is 5.97 Å². The van der Waals surface area contributed by atoms with Crippen LogP contribution in [0.15, 0.2) is 12.2 Å². The Morgan fingerprint density at radius 2 is 1.43 bits per heavy atom. The van der Waals surface area contributed by atoms with E-state index in [1.807, 2.05) is 0 Å². The summed E-state index contributed by atoms with van der Waals surface area (Å²) in [5.41, 5.74) is 0. The lowest BCUT2D eigenvalue weighted by Crippen LogP contribution is -2.31. The van der Waals surface area contributed by atoms with Crippen LogP contribution in [0.1, 0.15) is 103 Å². The highest BCUT2D eigenvalue weighted by Crippen LogP contribution is 2.17. The molecular weight excluding hydrogens is 364 g/mol. The zero-order valence-electron chi connectivity index (χ0n) is 19.6. The van der Waals surface area contributed by atoms with Crippen LogP contribution in [0.2, 0.25) is 19.6 Å². The van der Waals surface area contributed by atoms with Crippen LogP contribution in [0.25, 0.3) is 0 Å². The van der Waals surface area contributed by atoms with Crippen molar-refractivity contribution in [2.45, 2.75) is 129 Å². The van der Waals surface area contributed by atoms with Crippen LogP contribution in [-0.2, 0) is 14.0 Å². The van der Waals surface area contributed by atoms with E-state index < -0.39 is 8.32 Å². The third kappa shape index (κ3) is 20.1. The number of methoxy groups -OCH3 is 1. The average Bonchev–Trinajstić information content (AvgIpc) is 2.64. The normalized spacial score (nSPS) is 13.2. The van der Waals surface area contributed by atoms with Crippen molar-refractivity contribution < 1.29 is 14.0 Å². The van der Waals surface area contributed by atoms with Crippen molar-refractivity contribution in [3.05, 3.63) is 12.2 Å². The first-order valence-corrected chi connectivity index (χ1v) is 15.2. The van der Waals surface area contributed by atoms with Gasteiger partial charge in [-0.3, -0.25) is 4.79 Å². The number of esters is 1. The molecule has 4 heteroatoms. The smallest absolute Gasteiger partial charge is 0.305 e. The van der Waals surface area contributed by atoms with Crippen molar-refractivity contribution in [2.24, 2.45) is 0 Å². The monoisotopic (exact) mass is 412 g/mol. The van der Waals surface area contributed by atoms with E-state index in [0.717, 1.165) is 19.3 Å². The maximum atomic E-state index is 11.1. The van der Waals surface area contributed by atoms with E-state index in [4.69, 9.17) is 4.43 Å². The molecule has 0 fully saturated rings. The third-order valence-corrected chi connectivity index (χ3v) is 5.94. The lowest BCUT2D eigenvalue weighted by molar-refractivity contribution is -0.140. The lowest BCUT2D eigenvalue weighted by atomic mass is 10.1. The molecule has 0 aliphatic heterocycles. The minimum atomic E-state index is -1.51. The van der Waals surface area contributed by atoms with Gasteiger partial charge >= 0.3 is 5.97 Å². The molecule has 0 amide bonds. The maximum absolute atomic E-state index is 11.1. The first-order chi connectivity index (χ1) is 13.4. The molecule has 28 heavy (non-hydrogen) atoms. The molecule has 0 aromatic heterocycles. The van der Waals surface area contributed by atoms with Crippen LogP contribution in [-0.4, -0.2) is 27.5 Å². The summed E-state index contributed by atoms with van der Waals surface area (Å²) in [5, 5.41) is 0. The fourth-order valence-electron chi connectivity index (χ4n) is 3.36. The minimum absolute atomic E-state index is 0.0842. The quantitative estimate of drug-likeness (QED) is 0.0939. The molecule has 0 radical (unpaired) electrons. The average molecular weight is 413 g/mol. The van der Waals surface area contributed by atoms with Crippen molar-refractivity contribution in [3.63, 3.8) is 0 Å². The van der Waals surface area contributed by atoms with Crippen LogP contribution >= 0.6 is 0 Å². The summed E-state index contributed by atoms with van der Waals surface area (Å²) in [7, 11) is -0.0446. The van der Waals surface area contributed by atoms with E-state index in [2.05, 4.69) is 43.5 Å². The highest BCUT2D eigenvalue weighted by atomic mass is 28.4. The largest absolute Gasteiger partial charge is 0.469 e. The van der Waals surface area contributed by atoms with Crippen molar-refractivity contribution in [3.8, 4) is 0 Å². The Morgan fingerprint density at radius 1 is 0.857 bits per heavy atom. The lowest BCUT2D eigenvalue weighted by Gasteiger charge is -2.24. The van der Waals surface area contributed by atoms with Gasteiger partial charge in [-0.25, -0.2) is 0 Å². The Balaban J connectivity index is 3.90. The van der Waals surface area contributed by atoms with Gasteiger partial charge in [0.05, 0.1) is 13.2 Å². The van der Waals surface area contributed by atoms with Gasteiger partial charge < -0.3 is 9.16 Å². The maximum Gasteiger partial charge on any atom is 0.305 e. The molecule has 1 unspecified atom stereocenters. The van der Waals surface area contributed by atoms with E-state index in [1.165, 1.54) is 77.7 Å². The first-order valence-electron chi connectivity index (χ1n) is 11.8. The van der Waals surface area contributed by atoms with Gasteiger partial charge in [0.25, 0.3) is 0 Å². The third-order valence-electron chi connectivity index (χ3n) is 4.93. The van der Waals surface area contributed by atoms with Crippen LogP contribution in [0.3, 0.4) is 0 Å². The van der Waals surface area contributed by atoms with Gasteiger partial charge in [0.1, 0.15) is 0 Å². The summed E-state index contributed by atoms with van der Waals surface area (Å²) in [6.45, 7) is 9.11. The number of hydrogen-bond acceptors (Lipinski definition) is 3. The molecule has 0 N–H and O–H groups in total. The van der Waals surface area contributed by atoms with Crippen molar-refractivity contribution >= 4 is 14.3 Å². The molecule has 166 valence electrons. The van der Waals surface area contributed by atoms with Gasteiger partial charge in [-0.1, -0.05) is 83.3 Å². The van der Waals surface area contributed by atoms with Crippen LogP contribution in [0.5, 0.6) is 0 Å². The van der Waals surface area contributed by atoms with Crippen LogP contribution < -0.4 is 0 Å². The van der Waals surface area contributed by atoms with Gasteiger partial charge in [-0.2, -0.15) is 0 Å². The van der Waals surface area contributed by atoms with Gasteiger partial charge in [0.15, 0.2) is 8.32 Å². The predicted molar refractivity (Wildman–Crippen MR) is 124 cm³/mol. The van der Waals surface area contributed by atoms with E-state index in [1.54, 1.807) is 0 Å². The number of hydrogen-bond donors (Lipinski definition) is 0. The summed E-state index contributed by atoms with van der Waals surface area (Å²) in [4.78, 5) is 11.1. The summed E-state index contributed by atoms with van der Waals surface area (Å²) < 4.78 is 11.1. The number of rotatable bonds is 19. The molecule has 0 saturated carbocycles. The number of unbranched alkanes of at least 4 members (excludes halogenated alkanes) is 11. The van der Waals surface area contributed by atoms with Crippen LogP contribution in [0.4, 0.5) is 0 Å². The van der Waals surface area contributed by atoms with E-state index >= 15 is 0 Å². The van der Waals surface area contributed by atoms with Gasteiger partial charge in [0.2, 0.25) is 0 Å². The number of carbonyl (C=O) groups is 1. The Bertz CT molecular complexity index is 388. The summed E-state index contributed by atoms with van der Waals surface area (Å²) in [5.74, 6) is -0.0842.